The molecule has 0 atom stereocenters. The molecule has 1 aromatic heterocycles. The molecule has 76 valence electrons. The highest BCUT2D eigenvalue weighted by Crippen LogP contribution is 2.27. The van der Waals surface area contributed by atoms with Gasteiger partial charge in [-0.25, -0.2) is 0 Å². The molecule has 0 aromatic carbocycles. The summed E-state index contributed by atoms with van der Waals surface area (Å²) in [6, 6.07) is 2.01. The van der Waals surface area contributed by atoms with Crippen molar-refractivity contribution in [1.29, 1.82) is 0 Å². The highest BCUT2D eigenvalue weighted by molar-refractivity contribution is 9.10. The predicted molar refractivity (Wildman–Crippen MR) is 61.2 cm³/mol. The van der Waals surface area contributed by atoms with E-state index in [1.54, 1.807) is 11.3 Å². The molecule has 0 saturated heterocycles. The quantitative estimate of drug-likeness (QED) is 0.902. The summed E-state index contributed by atoms with van der Waals surface area (Å²) in [6.45, 7) is 0.660. The van der Waals surface area contributed by atoms with Crippen LogP contribution >= 0.6 is 27.3 Å². The van der Waals surface area contributed by atoms with Crippen LogP contribution in [0.2, 0.25) is 0 Å². The number of rotatable bonds is 3. The molecule has 1 saturated carbocycles. The van der Waals surface area contributed by atoms with Gasteiger partial charge in [0.25, 0.3) is 0 Å². The van der Waals surface area contributed by atoms with Crippen LogP contribution in [0.3, 0.4) is 0 Å². The number of hydrogen-bond donors (Lipinski definition) is 1. The van der Waals surface area contributed by atoms with Gasteiger partial charge in [-0.2, -0.15) is 0 Å². The average Bonchev–Trinajstić information content (AvgIpc) is 2.44. The molecule has 4 heteroatoms. The molecule has 1 aliphatic rings. The summed E-state index contributed by atoms with van der Waals surface area (Å²) in [5.41, 5.74) is 0. The fourth-order valence-corrected chi connectivity index (χ4v) is 2.87. The zero-order chi connectivity index (χ0) is 9.97. The molecule has 14 heavy (non-hydrogen) atoms. The van der Waals surface area contributed by atoms with Crippen molar-refractivity contribution < 1.29 is 4.79 Å². The van der Waals surface area contributed by atoms with E-state index in [4.69, 9.17) is 0 Å². The van der Waals surface area contributed by atoms with Crippen molar-refractivity contribution >= 4 is 33.2 Å². The molecule has 1 heterocycles. The monoisotopic (exact) mass is 273 g/mol. The number of nitrogens with one attached hydrogen (secondary N) is 1. The second-order valence-corrected chi connectivity index (χ2v) is 5.39. The third-order valence-electron chi connectivity index (χ3n) is 2.59. The van der Waals surface area contributed by atoms with E-state index in [9.17, 15) is 4.79 Å². The first-order valence-electron chi connectivity index (χ1n) is 4.77. The van der Waals surface area contributed by atoms with Crippen molar-refractivity contribution in [2.45, 2.75) is 25.8 Å². The van der Waals surface area contributed by atoms with Crippen molar-refractivity contribution in [2.75, 3.05) is 0 Å². The highest BCUT2D eigenvalue weighted by atomic mass is 79.9. The van der Waals surface area contributed by atoms with Crippen molar-refractivity contribution in [3.05, 3.63) is 20.8 Å². The van der Waals surface area contributed by atoms with Gasteiger partial charge >= 0.3 is 0 Å². The lowest BCUT2D eigenvalue weighted by molar-refractivity contribution is -0.127. The Balaban J connectivity index is 1.82. The molecule has 0 unspecified atom stereocenters. The first-order chi connectivity index (χ1) is 6.77. The normalized spacial score (nSPS) is 16.4. The number of carbonyl (C=O) groups excluding carboxylic acids is 1. The summed E-state index contributed by atoms with van der Waals surface area (Å²) >= 11 is 5.11. The van der Waals surface area contributed by atoms with Gasteiger partial charge in [0, 0.05) is 15.3 Å². The summed E-state index contributed by atoms with van der Waals surface area (Å²) in [6.07, 6.45) is 3.34. The predicted octanol–water partition coefficient (Wildman–Crippen LogP) is 2.93. The molecule has 0 spiro atoms. The van der Waals surface area contributed by atoms with Crippen LogP contribution in [0.25, 0.3) is 0 Å². The fraction of sp³-hybridized carbons (Fsp3) is 0.500. The second kappa shape index (κ2) is 4.45. The molecule has 1 aliphatic carbocycles. The van der Waals surface area contributed by atoms with Crippen molar-refractivity contribution in [3.8, 4) is 0 Å². The molecule has 2 nitrogen and oxygen atoms in total. The Morgan fingerprint density at radius 2 is 2.43 bits per heavy atom. The molecular formula is C10H12BrNOS. The molecule has 0 radical (unpaired) electrons. The van der Waals surface area contributed by atoms with E-state index in [1.807, 2.05) is 11.4 Å². The van der Waals surface area contributed by atoms with Gasteiger partial charge in [0.15, 0.2) is 0 Å². The maximum absolute atomic E-state index is 11.5. The minimum atomic E-state index is 0.219. The Labute approximate surface area is 95.8 Å². The first kappa shape index (κ1) is 10.2. The smallest absolute Gasteiger partial charge is 0.223 e. The van der Waals surface area contributed by atoms with Crippen molar-refractivity contribution in [3.63, 3.8) is 0 Å². The number of thiophene rings is 1. The van der Waals surface area contributed by atoms with Crippen LogP contribution in [0.1, 0.15) is 24.1 Å². The van der Waals surface area contributed by atoms with Gasteiger partial charge in [0.2, 0.25) is 5.91 Å². The molecule has 1 aromatic rings. The maximum atomic E-state index is 11.5. The summed E-state index contributed by atoms with van der Waals surface area (Å²) in [4.78, 5) is 12.7. The van der Waals surface area contributed by atoms with Crippen LogP contribution in [0.5, 0.6) is 0 Å². The van der Waals surface area contributed by atoms with Crippen LogP contribution < -0.4 is 5.32 Å². The van der Waals surface area contributed by atoms with Gasteiger partial charge in [-0.3, -0.25) is 4.79 Å². The van der Waals surface area contributed by atoms with E-state index in [1.165, 1.54) is 11.3 Å². The van der Waals surface area contributed by atoms with E-state index in [-0.39, 0.29) is 11.8 Å². The van der Waals surface area contributed by atoms with Gasteiger partial charge in [-0.1, -0.05) is 6.42 Å². The van der Waals surface area contributed by atoms with Crippen LogP contribution in [0.4, 0.5) is 0 Å². The topological polar surface area (TPSA) is 29.1 Å². The Morgan fingerprint density at radius 1 is 1.64 bits per heavy atom. The maximum Gasteiger partial charge on any atom is 0.223 e. The van der Waals surface area contributed by atoms with Crippen LogP contribution in [0.15, 0.2) is 15.9 Å². The Kier molecular flexibility index (Phi) is 3.23. The van der Waals surface area contributed by atoms with E-state index in [0.29, 0.717) is 6.54 Å². The molecule has 1 N–H and O–H groups in total. The summed E-state index contributed by atoms with van der Waals surface area (Å²) in [7, 11) is 0. The summed E-state index contributed by atoms with van der Waals surface area (Å²) in [5.74, 6) is 0.505. The lowest BCUT2D eigenvalue weighted by Crippen LogP contribution is -2.33. The number of carbonyl (C=O) groups is 1. The zero-order valence-corrected chi connectivity index (χ0v) is 10.2. The van der Waals surface area contributed by atoms with Crippen LogP contribution in [-0.2, 0) is 11.3 Å². The molecular weight excluding hydrogens is 262 g/mol. The minimum Gasteiger partial charge on any atom is -0.351 e. The zero-order valence-electron chi connectivity index (χ0n) is 7.75. The third-order valence-corrected chi connectivity index (χ3v) is 4.52. The average molecular weight is 274 g/mol. The van der Waals surface area contributed by atoms with E-state index < -0.39 is 0 Å². The Morgan fingerprint density at radius 3 is 2.93 bits per heavy atom. The SMILES string of the molecule is O=C(NCc1sccc1Br)C1CCC1. The van der Waals surface area contributed by atoms with Gasteiger partial charge in [0.05, 0.1) is 6.54 Å². The van der Waals surface area contributed by atoms with Gasteiger partial charge < -0.3 is 5.32 Å². The van der Waals surface area contributed by atoms with Gasteiger partial charge in [-0.05, 0) is 40.2 Å². The lowest BCUT2D eigenvalue weighted by atomic mass is 9.85. The fourth-order valence-electron chi connectivity index (χ4n) is 1.43. The van der Waals surface area contributed by atoms with Crippen LogP contribution in [-0.4, -0.2) is 5.91 Å². The summed E-state index contributed by atoms with van der Waals surface area (Å²) < 4.78 is 1.09. The molecule has 0 aliphatic heterocycles. The molecule has 2 rings (SSSR count). The first-order valence-corrected chi connectivity index (χ1v) is 6.44. The minimum absolute atomic E-state index is 0.219. The number of halogens is 1. The molecule has 1 amide bonds. The largest absolute Gasteiger partial charge is 0.351 e. The van der Waals surface area contributed by atoms with E-state index in [2.05, 4.69) is 21.2 Å². The number of hydrogen-bond acceptors (Lipinski definition) is 2. The van der Waals surface area contributed by atoms with Gasteiger partial charge in [-0.15, -0.1) is 11.3 Å². The summed E-state index contributed by atoms with van der Waals surface area (Å²) in [5, 5.41) is 4.99. The Bertz CT molecular complexity index is 333. The van der Waals surface area contributed by atoms with E-state index in [0.717, 1.165) is 17.3 Å². The number of amides is 1. The Hall–Kier alpha value is -0.350. The lowest BCUT2D eigenvalue weighted by Gasteiger charge is -2.23. The van der Waals surface area contributed by atoms with Crippen molar-refractivity contribution in [1.82, 2.24) is 5.32 Å². The second-order valence-electron chi connectivity index (χ2n) is 3.54. The molecule has 0 bridgehead atoms. The van der Waals surface area contributed by atoms with E-state index >= 15 is 0 Å². The standard InChI is InChI=1S/C10H12BrNOS/c11-8-4-5-14-9(8)6-12-10(13)7-2-1-3-7/h4-5,7H,1-3,6H2,(H,12,13). The van der Waals surface area contributed by atoms with Crippen LogP contribution in [0, 0.1) is 5.92 Å². The molecule has 1 fully saturated rings. The van der Waals surface area contributed by atoms with Crippen molar-refractivity contribution in [2.24, 2.45) is 5.92 Å². The highest BCUT2D eigenvalue weighted by Gasteiger charge is 2.24. The third kappa shape index (κ3) is 2.17. The van der Waals surface area contributed by atoms with Gasteiger partial charge in [0.1, 0.15) is 0 Å².